The fourth-order valence-corrected chi connectivity index (χ4v) is 0.0945. The minimum atomic E-state index is 0.0988. The van der Waals surface area contributed by atoms with E-state index in [0.29, 0.717) is 0 Å². The zero-order chi connectivity index (χ0) is 4.12. The van der Waals surface area contributed by atoms with E-state index < -0.39 is 0 Å². The molecule has 0 unspecified atom stereocenters. The van der Waals surface area contributed by atoms with Crippen molar-refractivity contribution in [3.63, 3.8) is 0 Å². The fourth-order valence-electron chi connectivity index (χ4n) is 0.0315. The quantitative estimate of drug-likeness (QED) is 0.280. The molecule has 0 spiro atoms. The van der Waals surface area contributed by atoms with Gasteiger partial charge in [0.25, 0.3) is 0 Å². The van der Waals surface area contributed by atoms with Gasteiger partial charge in [-0.2, -0.15) is 0 Å². The van der Waals surface area contributed by atoms with Crippen molar-refractivity contribution in [2.45, 2.75) is 0 Å². The lowest BCUT2D eigenvalue weighted by molar-refractivity contribution is -0.299. The van der Waals surface area contributed by atoms with Crippen LogP contribution in [-0.2, 0) is 10.1 Å². The fraction of sp³-hybridized carbons (Fsp3) is 1.00. The van der Waals surface area contributed by atoms with Crippen LogP contribution in [0.4, 0.5) is 0 Å². The van der Waals surface area contributed by atoms with Crippen LogP contribution in [0.15, 0.2) is 0 Å². The molecule has 3 heteroatoms. The lowest BCUT2D eigenvalue weighted by Gasteiger charge is -1.76. The zero-order valence-electron chi connectivity index (χ0n) is 2.61. The third kappa shape index (κ3) is 4.21. The molecule has 1 radical (unpaired) electrons. The molecule has 0 bridgehead atoms. The van der Waals surface area contributed by atoms with Crippen molar-refractivity contribution in [1.82, 2.24) is 0 Å². The Kier molecular flexibility index (Phi) is 4.39. The molecule has 0 N–H and O–H groups in total. The first-order valence-corrected chi connectivity index (χ1v) is 1.76. The Morgan fingerprint density at radius 1 is 1.80 bits per heavy atom. The molecule has 0 saturated carbocycles. The highest BCUT2D eigenvalue weighted by atomic mass is 35.5. The maximum atomic E-state index is 8.95. The summed E-state index contributed by atoms with van der Waals surface area (Å²) >= 11 is 4.98. The molecule has 0 aromatic carbocycles. The van der Waals surface area contributed by atoms with Crippen LogP contribution in [0.5, 0.6) is 0 Å². The van der Waals surface area contributed by atoms with Gasteiger partial charge in [0, 0.05) is 5.88 Å². The third-order valence-corrected chi connectivity index (χ3v) is 0.315. The average Bonchev–Trinajstić information content (AvgIpc) is 1.41. The SMILES string of the molecule is [O]OCCCl. The molecule has 0 saturated heterocycles. The van der Waals surface area contributed by atoms with Crippen LogP contribution in [0.2, 0.25) is 0 Å². The predicted octanol–water partition coefficient (Wildman–Crippen LogP) is 0.587. The van der Waals surface area contributed by atoms with Gasteiger partial charge in [-0.3, -0.25) is 0 Å². The van der Waals surface area contributed by atoms with E-state index in [1.54, 1.807) is 0 Å². The van der Waals surface area contributed by atoms with E-state index in [1.165, 1.54) is 0 Å². The Balaban J connectivity index is 2.19. The van der Waals surface area contributed by atoms with Gasteiger partial charge in [0.2, 0.25) is 0 Å². The van der Waals surface area contributed by atoms with Gasteiger partial charge in [-0.25, -0.2) is 4.89 Å². The van der Waals surface area contributed by atoms with E-state index in [-0.39, 0.29) is 12.5 Å². The Morgan fingerprint density at radius 2 is 2.40 bits per heavy atom. The van der Waals surface area contributed by atoms with Gasteiger partial charge in [0.15, 0.2) is 0 Å². The highest BCUT2D eigenvalue weighted by molar-refractivity contribution is 6.17. The lowest BCUT2D eigenvalue weighted by atomic mass is 10.9. The van der Waals surface area contributed by atoms with Crippen molar-refractivity contribution in [2.24, 2.45) is 0 Å². The third-order valence-electron chi connectivity index (χ3n) is 0.160. The summed E-state index contributed by atoms with van der Waals surface area (Å²) < 4.78 is 0. The van der Waals surface area contributed by atoms with Crippen molar-refractivity contribution < 1.29 is 10.1 Å². The van der Waals surface area contributed by atoms with Crippen molar-refractivity contribution in [2.75, 3.05) is 12.5 Å². The topological polar surface area (TPSA) is 29.1 Å². The summed E-state index contributed by atoms with van der Waals surface area (Å²) in [5, 5.41) is 8.95. The minimum Gasteiger partial charge on any atom is -0.203 e. The summed E-state index contributed by atoms with van der Waals surface area (Å²) in [5.74, 6) is 0.281. The summed E-state index contributed by atoms with van der Waals surface area (Å²) in [7, 11) is 0. The lowest BCUT2D eigenvalue weighted by Crippen LogP contribution is -1.84. The molecule has 0 aliphatic rings. The molecular weight excluding hydrogens is 91.5 g/mol. The van der Waals surface area contributed by atoms with Gasteiger partial charge in [0.05, 0.1) is 6.61 Å². The van der Waals surface area contributed by atoms with E-state index in [1.807, 2.05) is 0 Å². The van der Waals surface area contributed by atoms with Crippen LogP contribution in [0.3, 0.4) is 0 Å². The number of hydrogen-bond acceptors (Lipinski definition) is 1. The molecule has 2 nitrogen and oxygen atoms in total. The number of rotatable bonds is 2. The van der Waals surface area contributed by atoms with Gasteiger partial charge < -0.3 is 0 Å². The Bertz CT molecular complexity index is 15.1. The zero-order valence-corrected chi connectivity index (χ0v) is 3.36. The summed E-state index contributed by atoms with van der Waals surface area (Å²) in [5.41, 5.74) is 0. The number of alkyl halides is 1. The van der Waals surface area contributed by atoms with Crippen LogP contribution in [0.1, 0.15) is 0 Å². The van der Waals surface area contributed by atoms with Crippen LogP contribution in [-0.4, -0.2) is 12.5 Å². The smallest absolute Gasteiger partial charge is 0.0990 e. The molecule has 5 heavy (non-hydrogen) atoms. The van der Waals surface area contributed by atoms with Gasteiger partial charge >= 0.3 is 0 Å². The van der Waals surface area contributed by atoms with Crippen molar-refractivity contribution in [3.05, 3.63) is 0 Å². The summed E-state index contributed by atoms with van der Waals surface area (Å²) in [6, 6.07) is 0. The second-order valence-electron chi connectivity index (χ2n) is 0.511. The number of hydrogen-bond donors (Lipinski definition) is 0. The maximum Gasteiger partial charge on any atom is 0.0990 e. The first-order chi connectivity index (χ1) is 2.41. The molecule has 0 rings (SSSR count). The molecule has 0 atom stereocenters. The molecule has 0 fully saturated rings. The summed E-state index contributed by atoms with van der Waals surface area (Å²) in [4.78, 5) is 3.31. The highest BCUT2D eigenvalue weighted by Crippen LogP contribution is 1.70. The van der Waals surface area contributed by atoms with E-state index in [9.17, 15) is 0 Å². The van der Waals surface area contributed by atoms with E-state index in [4.69, 9.17) is 16.9 Å². The van der Waals surface area contributed by atoms with Gasteiger partial charge in [0.1, 0.15) is 0 Å². The Labute approximate surface area is 35.2 Å². The predicted molar refractivity (Wildman–Crippen MR) is 17.4 cm³/mol. The summed E-state index contributed by atoms with van der Waals surface area (Å²) in [6.45, 7) is 0.0988. The van der Waals surface area contributed by atoms with Gasteiger partial charge in [-0.05, 0) is 5.26 Å². The minimum absolute atomic E-state index is 0.0988. The molecule has 0 amide bonds. The summed E-state index contributed by atoms with van der Waals surface area (Å²) in [6.07, 6.45) is 0. The van der Waals surface area contributed by atoms with E-state index in [2.05, 4.69) is 4.89 Å². The van der Waals surface area contributed by atoms with E-state index >= 15 is 0 Å². The Hall–Kier alpha value is 0.210. The standard InChI is InChI=1S/C2H4ClO2/c3-1-2-5-4/h1-2H2. The highest BCUT2D eigenvalue weighted by Gasteiger charge is 1.72. The maximum absolute atomic E-state index is 8.95. The van der Waals surface area contributed by atoms with Crippen molar-refractivity contribution in [3.8, 4) is 0 Å². The van der Waals surface area contributed by atoms with Crippen LogP contribution >= 0.6 is 11.6 Å². The monoisotopic (exact) mass is 95.0 g/mol. The second kappa shape index (κ2) is 4.21. The largest absolute Gasteiger partial charge is 0.203 e. The first-order valence-electron chi connectivity index (χ1n) is 1.22. The molecule has 0 aromatic rings. The van der Waals surface area contributed by atoms with Crippen LogP contribution in [0.25, 0.3) is 0 Å². The average molecular weight is 95.5 g/mol. The van der Waals surface area contributed by atoms with Gasteiger partial charge in [-0.1, -0.05) is 0 Å². The molecule has 0 aromatic heterocycles. The second-order valence-corrected chi connectivity index (χ2v) is 0.889. The van der Waals surface area contributed by atoms with E-state index in [0.717, 1.165) is 0 Å². The molecule has 0 heterocycles. The number of halogens is 1. The van der Waals surface area contributed by atoms with Gasteiger partial charge in [-0.15, -0.1) is 11.6 Å². The van der Waals surface area contributed by atoms with Crippen molar-refractivity contribution in [1.29, 1.82) is 0 Å². The molecule has 0 aliphatic heterocycles. The van der Waals surface area contributed by atoms with Crippen LogP contribution in [0, 0.1) is 0 Å². The Morgan fingerprint density at radius 3 is 2.40 bits per heavy atom. The van der Waals surface area contributed by atoms with Crippen LogP contribution < -0.4 is 0 Å². The molecule has 0 aliphatic carbocycles. The first kappa shape index (κ1) is 5.21. The van der Waals surface area contributed by atoms with Crippen molar-refractivity contribution >= 4 is 11.6 Å². The molecular formula is C2H4ClO2. The normalized spacial score (nSPS) is 8.40. The molecule has 31 valence electrons.